The zero-order valence-corrected chi connectivity index (χ0v) is 13.8. The van der Waals surface area contributed by atoms with E-state index in [2.05, 4.69) is 16.0 Å². The van der Waals surface area contributed by atoms with E-state index in [-0.39, 0.29) is 18.4 Å². The molecule has 0 heterocycles. The quantitative estimate of drug-likeness (QED) is 0.780. The van der Waals surface area contributed by atoms with Gasteiger partial charge in [0.25, 0.3) is 0 Å². The molecule has 3 N–H and O–H groups in total. The first kappa shape index (κ1) is 17.1. The molecule has 0 aliphatic carbocycles. The highest BCUT2D eigenvalue weighted by Gasteiger charge is 2.08. The fraction of sp³-hybridized carbons (Fsp3) is 0.125. The van der Waals surface area contributed by atoms with Gasteiger partial charge in [-0.05, 0) is 42.0 Å². The average Bonchev–Trinajstić information content (AvgIpc) is 2.52. The first-order valence-electron chi connectivity index (χ1n) is 6.80. The molecule has 23 heavy (non-hydrogen) atoms. The summed E-state index contributed by atoms with van der Waals surface area (Å²) in [6.07, 6.45) is 0.147. The van der Waals surface area contributed by atoms with Gasteiger partial charge in [-0.3, -0.25) is 4.79 Å². The SMILES string of the molecule is CNC(=O)Nc1ccc(NC(=O)Cc2ccc(Cl)cc2Cl)cc1. The van der Waals surface area contributed by atoms with Gasteiger partial charge in [0, 0.05) is 28.5 Å². The largest absolute Gasteiger partial charge is 0.341 e. The fourth-order valence-corrected chi connectivity index (χ4v) is 2.35. The first-order valence-corrected chi connectivity index (χ1v) is 7.56. The van der Waals surface area contributed by atoms with Gasteiger partial charge >= 0.3 is 6.03 Å². The van der Waals surface area contributed by atoms with E-state index in [0.29, 0.717) is 27.0 Å². The van der Waals surface area contributed by atoms with Gasteiger partial charge in [-0.15, -0.1) is 0 Å². The van der Waals surface area contributed by atoms with Gasteiger partial charge < -0.3 is 16.0 Å². The molecule has 2 aromatic rings. The Labute approximate surface area is 144 Å². The Morgan fingerprint density at radius 3 is 2.13 bits per heavy atom. The van der Waals surface area contributed by atoms with Crippen molar-refractivity contribution in [2.75, 3.05) is 17.7 Å². The molecule has 0 spiro atoms. The molecule has 0 aromatic heterocycles. The summed E-state index contributed by atoms with van der Waals surface area (Å²) in [5.74, 6) is -0.193. The minimum Gasteiger partial charge on any atom is -0.341 e. The van der Waals surface area contributed by atoms with Gasteiger partial charge in [0.15, 0.2) is 0 Å². The molecule has 3 amide bonds. The van der Waals surface area contributed by atoms with E-state index >= 15 is 0 Å². The van der Waals surface area contributed by atoms with Crippen LogP contribution < -0.4 is 16.0 Å². The number of amides is 3. The van der Waals surface area contributed by atoms with Gasteiger partial charge in [0.2, 0.25) is 5.91 Å². The lowest BCUT2D eigenvalue weighted by Crippen LogP contribution is -2.24. The summed E-state index contributed by atoms with van der Waals surface area (Å²) in [5.41, 5.74) is 1.96. The van der Waals surface area contributed by atoms with Crippen molar-refractivity contribution in [1.82, 2.24) is 5.32 Å². The fourth-order valence-electron chi connectivity index (χ4n) is 1.87. The van der Waals surface area contributed by atoms with Gasteiger partial charge in [-0.1, -0.05) is 29.3 Å². The standard InChI is InChI=1S/C16H15Cl2N3O2/c1-19-16(23)21-13-6-4-12(5-7-13)20-15(22)8-10-2-3-11(17)9-14(10)18/h2-7,9H,8H2,1H3,(H,20,22)(H2,19,21,23). The summed E-state index contributed by atoms with van der Waals surface area (Å²) in [6, 6.07) is 11.5. The highest BCUT2D eigenvalue weighted by molar-refractivity contribution is 6.35. The highest BCUT2D eigenvalue weighted by Crippen LogP contribution is 2.22. The van der Waals surface area contributed by atoms with Gasteiger partial charge in [0.1, 0.15) is 0 Å². The van der Waals surface area contributed by atoms with E-state index < -0.39 is 0 Å². The van der Waals surface area contributed by atoms with Crippen LogP contribution in [0.1, 0.15) is 5.56 Å². The Balaban J connectivity index is 1.96. The van der Waals surface area contributed by atoms with E-state index in [1.165, 1.54) is 7.05 Å². The maximum atomic E-state index is 12.0. The second kappa shape index (κ2) is 7.85. The van der Waals surface area contributed by atoms with Crippen LogP contribution in [0.25, 0.3) is 0 Å². The van der Waals surface area contributed by atoms with Crippen molar-refractivity contribution in [3.63, 3.8) is 0 Å². The summed E-state index contributed by atoms with van der Waals surface area (Å²) < 4.78 is 0. The molecule has 0 atom stereocenters. The molecule has 0 saturated heterocycles. The number of nitrogens with one attached hydrogen (secondary N) is 3. The van der Waals surface area contributed by atoms with Crippen molar-refractivity contribution < 1.29 is 9.59 Å². The normalized spacial score (nSPS) is 10.0. The number of hydrogen-bond donors (Lipinski definition) is 3. The minimum atomic E-state index is -0.306. The van der Waals surface area contributed by atoms with Crippen molar-refractivity contribution in [2.24, 2.45) is 0 Å². The van der Waals surface area contributed by atoms with Crippen LogP contribution in [0.15, 0.2) is 42.5 Å². The van der Waals surface area contributed by atoms with Crippen LogP contribution >= 0.6 is 23.2 Å². The molecular formula is C16H15Cl2N3O2. The number of carbonyl (C=O) groups is 2. The predicted molar refractivity (Wildman–Crippen MR) is 93.3 cm³/mol. The zero-order valence-electron chi connectivity index (χ0n) is 12.3. The lowest BCUT2D eigenvalue weighted by atomic mass is 10.1. The van der Waals surface area contributed by atoms with Gasteiger partial charge in [-0.2, -0.15) is 0 Å². The Morgan fingerprint density at radius 1 is 0.957 bits per heavy atom. The maximum absolute atomic E-state index is 12.0. The van der Waals surface area contributed by atoms with Crippen LogP contribution in [0.4, 0.5) is 16.2 Å². The van der Waals surface area contributed by atoms with Crippen LogP contribution in [0.5, 0.6) is 0 Å². The molecule has 0 unspecified atom stereocenters. The highest BCUT2D eigenvalue weighted by atomic mass is 35.5. The Kier molecular flexibility index (Phi) is 5.84. The molecule has 120 valence electrons. The van der Waals surface area contributed by atoms with Crippen molar-refractivity contribution in [1.29, 1.82) is 0 Å². The van der Waals surface area contributed by atoms with E-state index in [1.54, 1.807) is 42.5 Å². The van der Waals surface area contributed by atoms with Crippen LogP contribution in [0.3, 0.4) is 0 Å². The molecule has 0 bridgehead atoms. The van der Waals surface area contributed by atoms with Gasteiger partial charge in [0.05, 0.1) is 6.42 Å². The third kappa shape index (κ3) is 5.16. The number of benzene rings is 2. The van der Waals surface area contributed by atoms with Gasteiger partial charge in [-0.25, -0.2) is 4.79 Å². The summed E-state index contributed by atoms with van der Waals surface area (Å²) in [5, 5.41) is 8.84. The van der Waals surface area contributed by atoms with Crippen molar-refractivity contribution in [2.45, 2.75) is 6.42 Å². The monoisotopic (exact) mass is 351 g/mol. The van der Waals surface area contributed by atoms with Crippen LogP contribution in [-0.4, -0.2) is 19.0 Å². The Bertz CT molecular complexity index is 718. The number of urea groups is 1. The summed E-state index contributed by atoms with van der Waals surface area (Å²) >= 11 is 11.9. The zero-order chi connectivity index (χ0) is 16.8. The van der Waals surface area contributed by atoms with Crippen molar-refractivity contribution in [3.8, 4) is 0 Å². The molecule has 2 aromatic carbocycles. The third-order valence-electron chi connectivity index (χ3n) is 3.02. The molecular weight excluding hydrogens is 337 g/mol. The molecule has 0 aliphatic heterocycles. The first-order chi connectivity index (χ1) is 11.0. The van der Waals surface area contributed by atoms with Crippen molar-refractivity contribution in [3.05, 3.63) is 58.1 Å². The molecule has 5 nitrogen and oxygen atoms in total. The molecule has 2 rings (SSSR count). The van der Waals surface area contributed by atoms with E-state index in [9.17, 15) is 9.59 Å². The number of halogens is 2. The summed E-state index contributed by atoms with van der Waals surface area (Å²) in [7, 11) is 1.53. The Morgan fingerprint density at radius 2 is 1.57 bits per heavy atom. The molecule has 0 radical (unpaired) electrons. The van der Waals surface area contributed by atoms with Crippen LogP contribution in [0, 0.1) is 0 Å². The van der Waals surface area contributed by atoms with E-state index in [1.807, 2.05) is 0 Å². The number of hydrogen-bond acceptors (Lipinski definition) is 2. The molecule has 0 fully saturated rings. The number of anilines is 2. The second-order valence-corrected chi connectivity index (χ2v) is 5.59. The summed E-state index contributed by atoms with van der Waals surface area (Å²) in [4.78, 5) is 23.2. The molecule has 0 aliphatic rings. The minimum absolute atomic E-state index is 0.147. The molecule has 0 saturated carbocycles. The lowest BCUT2D eigenvalue weighted by Gasteiger charge is -2.08. The summed E-state index contributed by atoms with van der Waals surface area (Å²) in [6.45, 7) is 0. The predicted octanol–water partition coefficient (Wildman–Crippen LogP) is 3.93. The number of carbonyl (C=O) groups excluding carboxylic acids is 2. The van der Waals surface area contributed by atoms with Crippen LogP contribution in [-0.2, 0) is 11.2 Å². The number of rotatable bonds is 4. The van der Waals surface area contributed by atoms with E-state index in [0.717, 1.165) is 0 Å². The Hall–Kier alpha value is -2.24. The van der Waals surface area contributed by atoms with Crippen LogP contribution in [0.2, 0.25) is 10.0 Å². The molecule has 7 heteroatoms. The topological polar surface area (TPSA) is 70.2 Å². The van der Waals surface area contributed by atoms with Crippen molar-refractivity contribution >= 4 is 46.5 Å². The smallest absolute Gasteiger partial charge is 0.318 e. The maximum Gasteiger partial charge on any atom is 0.318 e. The lowest BCUT2D eigenvalue weighted by molar-refractivity contribution is -0.115. The second-order valence-electron chi connectivity index (χ2n) is 4.74. The average molecular weight is 352 g/mol. The third-order valence-corrected chi connectivity index (χ3v) is 3.61. The van der Waals surface area contributed by atoms with E-state index in [4.69, 9.17) is 23.2 Å².